The lowest BCUT2D eigenvalue weighted by atomic mass is 10.3. The third kappa shape index (κ3) is 3.57. The van der Waals surface area contributed by atoms with E-state index >= 15 is 0 Å². The van der Waals surface area contributed by atoms with Gasteiger partial charge < -0.3 is 4.90 Å². The van der Waals surface area contributed by atoms with Crippen molar-refractivity contribution in [3.05, 3.63) is 0 Å². The second-order valence-electron chi connectivity index (χ2n) is 4.43. The maximum Gasteiger partial charge on any atom is 0.240 e. The summed E-state index contributed by atoms with van der Waals surface area (Å²) in [6.07, 6.45) is 1.84. The summed E-state index contributed by atoms with van der Waals surface area (Å²) in [6, 6.07) is -0.236. The van der Waals surface area contributed by atoms with Gasteiger partial charge in [-0.05, 0) is 6.42 Å². The monoisotopic (exact) mass is 279 g/mol. The highest BCUT2D eigenvalue weighted by Crippen LogP contribution is 2.16. The number of carbonyl (C=O) groups is 1. The largest absolute Gasteiger partial charge is 0.340 e. The van der Waals surface area contributed by atoms with Gasteiger partial charge in [-0.2, -0.15) is 0 Å². The molecule has 0 aromatic rings. The molecule has 2 fully saturated rings. The molecule has 2 saturated heterocycles. The van der Waals surface area contributed by atoms with Crippen molar-refractivity contribution in [2.45, 2.75) is 18.5 Å². The number of thioether (sulfide) groups is 1. The zero-order chi connectivity index (χ0) is 12.5. The van der Waals surface area contributed by atoms with Crippen molar-refractivity contribution in [1.82, 2.24) is 14.9 Å². The number of hydrogen-bond acceptors (Lipinski definition) is 5. The summed E-state index contributed by atoms with van der Waals surface area (Å²) < 4.78 is 24.7. The van der Waals surface area contributed by atoms with E-state index in [-0.39, 0.29) is 18.0 Å². The molecule has 2 heterocycles. The number of hydrogen-bond donors (Lipinski definition) is 2. The summed E-state index contributed by atoms with van der Waals surface area (Å²) in [5, 5.41) is 3.13. The summed E-state index contributed by atoms with van der Waals surface area (Å²) in [5.41, 5.74) is 0. The fourth-order valence-electron chi connectivity index (χ4n) is 2.13. The van der Waals surface area contributed by atoms with Crippen LogP contribution in [0.1, 0.15) is 6.42 Å². The Morgan fingerprint density at radius 3 is 2.88 bits per heavy atom. The van der Waals surface area contributed by atoms with E-state index in [2.05, 4.69) is 10.0 Å². The van der Waals surface area contributed by atoms with E-state index in [1.807, 2.05) is 0 Å². The molecular weight excluding hydrogens is 262 g/mol. The molecule has 6 nitrogen and oxygen atoms in total. The molecule has 98 valence electrons. The highest BCUT2D eigenvalue weighted by atomic mass is 32.2. The van der Waals surface area contributed by atoms with Crippen molar-refractivity contribution in [2.75, 3.05) is 31.0 Å². The molecule has 0 spiro atoms. The maximum atomic E-state index is 12.0. The van der Waals surface area contributed by atoms with Gasteiger partial charge >= 0.3 is 0 Å². The molecule has 0 unspecified atom stereocenters. The molecule has 2 N–H and O–H groups in total. The first kappa shape index (κ1) is 13.1. The SMILES string of the molecule is CS(=O)(=O)N[C@@H]1CCN(C(=O)[C@H]2CSCN2)C1. The van der Waals surface area contributed by atoms with Gasteiger partial charge in [-0.1, -0.05) is 0 Å². The summed E-state index contributed by atoms with van der Waals surface area (Å²) >= 11 is 1.71. The Bertz CT molecular complexity index is 392. The number of rotatable bonds is 3. The highest BCUT2D eigenvalue weighted by molar-refractivity contribution is 7.99. The summed E-state index contributed by atoms with van der Waals surface area (Å²) in [4.78, 5) is 13.8. The van der Waals surface area contributed by atoms with Crippen molar-refractivity contribution in [3.63, 3.8) is 0 Å². The number of amides is 1. The first-order valence-electron chi connectivity index (χ1n) is 5.53. The third-order valence-electron chi connectivity index (χ3n) is 2.90. The number of carbonyl (C=O) groups excluding carboxylic acids is 1. The van der Waals surface area contributed by atoms with Crippen LogP contribution in [0.25, 0.3) is 0 Å². The van der Waals surface area contributed by atoms with Gasteiger partial charge in [0.2, 0.25) is 15.9 Å². The number of nitrogens with one attached hydrogen (secondary N) is 2. The minimum atomic E-state index is -3.18. The quantitative estimate of drug-likeness (QED) is 0.678. The zero-order valence-corrected chi connectivity index (χ0v) is 11.3. The zero-order valence-electron chi connectivity index (χ0n) is 9.68. The maximum absolute atomic E-state index is 12.0. The van der Waals surface area contributed by atoms with Crippen LogP contribution >= 0.6 is 11.8 Å². The van der Waals surface area contributed by atoms with Crippen LogP contribution in [0.2, 0.25) is 0 Å². The van der Waals surface area contributed by atoms with E-state index in [4.69, 9.17) is 0 Å². The van der Waals surface area contributed by atoms with Crippen LogP contribution in [0, 0.1) is 0 Å². The minimum absolute atomic E-state index is 0.0906. The van der Waals surface area contributed by atoms with Gasteiger partial charge in [-0.15, -0.1) is 11.8 Å². The molecule has 2 atom stereocenters. The molecule has 0 aromatic heterocycles. The molecule has 8 heteroatoms. The second-order valence-corrected chi connectivity index (χ2v) is 7.24. The topological polar surface area (TPSA) is 78.5 Å². The average molecular weight is 279 g/mol. The average Bonchev–Trinajstić information content (AvgIpc) is 2.83. The lowest BCUT2D eigenvalue weighted by Crippen LogP contribution is -2.45. The Kier molecular flexibility index (Phi) is 3.96. The van der Waals surface area contributed by atoms with Crippen molar-refractivity contribution >= 4 is 27.7 Å². The van der Waals surface area contributed by atoms with Crippen LogP contribution in [-0.4, -0.2) is 62.3 Å². The van der Waals surface area contributed by atoms with Crippen LogP contribution in [-0.2, 0) is 14.8 Å². The van der Waals surface area contributed by atoms with E-state index < -0.39 is 10.0 Å². The van der Waals surface area contributed by atoms with Gasteiger partial charge in [-0.3, -0.25) is 10.1 Å². The molecule has 0 radical (unpaired) electrons. The Balaban J connectivity index is 1.87. The molecule has 2 aliphatic heterocycles. The fourth-order valence-corrected chi connectivity index (χ4v) is 3.86. The normalized spacial score (nSPS) is 29.8. The van der Waals surface area contributed by atoms with E-state index in [1.54, 1.807) is 16.7 Å². The minimum Gasteiger partial charge on any atom is -0.340 e. The number of nitrogens with zero attached hydrogens (tertiary/aromatic N) is 1. The van der Waals surface area contributed by atoms with E-state index in [0.29, 0.717) is 19.5 Å². The molecule has 2 rings (SSSR count). The Morgan fingerprint density at radius 2 is 2.29 bits per heavy atom. The van der Waals surface area contributed by atoms with Crippen molar-refractivity contribution in [2.24, 2.45) is 0 Å². The summed E-state index contributed by atoms with van der Waals surface area (Å²) in [6.45, 7) is 1.11. The van der Waals surface area contributed by atoms with E-state index in [1.165, 1.54) is 0 Å². The van der Waals surface area contributed by atoms with Crippen LogP contribution < -0.4 is 10.0 Å². The first-order chi connectivity index (χ1) is 7.96. The molecule has 0 saturated carbocycles. The van der Waals surface area contributed by atoms with Crippen LogP contribution in [0.3, 0.4) is 0 Å². The van der Waals surface area contributed by atoms with E-state index in [0.717, 1.165) is 17.9 Å². The van der Waals surface area contributed by atoms with Gasteiger partial charge in [0.25, 0.3) is 0 Å². The molecule has 0 bridgehead atoms. The lowest BCUT2D eigenvalue weighted by Gasteiger charge is -2.20. The van der Waals surface area contributed by atoms with Gasteiger partial charge in [0.1, 0.15) is 0 Å². The Morgan fingerprint density at radius 1 is 1.53 bits per heavy atom. The second kappa shape index (κ2) is 5.13. The van der Waals surface area contributed by atoms with Crippen molar-refractivity contribution in [3.8, 4) is 0 Å². The molecule has 1 amide bonds. The van der Waals surface area contributed by atoms with E-state index in [9.17, 15) is 13.2 Å². The summed E-state index contributed by atoms with van der Waals surface area (Å²) in [5.74, 6) is 1.71. The lowest BCUT2D eigenvalue weighted by molar-refractivity contribution is -0.131. The first-order valence-corrected chi connectivity index (χ1v) is 8.57. The standard InChI is InChI=1S/C9H17N3O3S2/c1-17(14,15)11-7-2-3-12(4-7)9(13)8-5-16-6-10-8/h7-8,10-11H,2-6H2,1H3/t7-,8-/m1/s1. The van der Waals surface area contributed by atoms with Crippen LogP contribution in [0.15, 0.2) is 0 Å². The number of likely N-dealkylation sites (tertiary alicyclic amines) is 1. The Labute approximate surface area is 106 Å². The predicted molar refractivity (Wildman–Crippen MR) is 67.2 cm³/mol. The van der Waals surface area contributed by atoms with Crippen LogP contribution in [0.5, 0.6) is 0 Å². The van der Waals surface area contributed by atoms with Crippen LogP contribution in [0.4, 0.5) is 0 Å². The molecule has 17 heavy (non-hydrogen) atoms. The number of sulfonamides is 1. The molecular formula is C9H17N3O3S2. The molecule has 0 aliphatic carbocycles. The third-order valence-corrected chi connectivity index (χ3v) is 4.60. The van der Waals surface area contributed by atoms with Gasteiger partial charge in [0.05, 0.1) is 12.3 Å². The van der Waals surface area contributed by atoms with Crippen molar-refractivity contribution in [1.29, 1.82) is 0 Å². The highest BCUT2D eigenvalue weighted by Gasteiger charge is 2.33. The fraction of sp³-hybridized carbons (Fsp3) is 0.889. The van der Waals surface area contributed by atoms with Gasteiger partial charge in [-0.25, -0.2) is 13.1 Å². The van der Waals surface area contributed by atoms with Gasteiger partial charge in [0.15, 0.2) is 0 Å². The van der Waals surface area contributed by atoms with Crippen molar-refractivity contribution < 1.29 is 13.2 Å². The molecule has 2 aliphatic rings. The Hall–Kier alpha value is -0.310. The summed E-state index contributed by atoms with van der Waals surface area (Å²) in [7, 11) is -3.18. The van der Waals surface area contributed by atoms with Gasteiger partial charge in [0, 0.05) is 30.8 Å². The smallest absolute Gasteiger partial charge is 0.240 e. The predicted octanol–water partition coefficient (Wildman–Crippen LogP) is -1.20. The molecule has 0 aromatic carbocycles.